The van der Waals surface area contributed by atoms with Crippen LogP contribution < -0.4 is 11.3 Å². The Labute approximate surface area is 115 Å². The van der Waals surface area contributed by atoms with Crippen molar-refractivity contribution in [2.45, 2.75) is 38.6 Å². The molecule has 0 aromatic carbocycles. The van der Waals surface area contributed by atoms with Crippen molar-refractivity contribution >= 4 is 5.82 Å². The average Bonchev–Trinajstić information content (AvgIpc) is 2.48. The van der Waals surface area contributed by atoms with E-state index >= 15 is 0 Å². The van der Waals surface area contributed by atoms with Crippen LogP contribution in [-0.2, 0) is 6.54 Å². The number of likely N-dealkylation sites (tertiary alicyclic amines) is 1. The van der Waals surface area contributed by atoms with E-state index in [2.05, 4.69) is 21.4 Å². The molecule has 2 unspecified atom stereocenters. The Hall–Kier alpha value is -1.13. The van der Waals surface area contributed by atoms with Crippen molar-refractivity contribution in [3.8, 4) is 0 Å². The van der Waals surface area contributed by atoms with Gasteiger partial charge in [0.2, 0.25) is 0 Å². The Morgan fingerprint density at radius 3 is 2.95 bits per heavy atom. The fraction of sp³-hybridized carbons (Fsp3) is 0.667. The molecule has 2 aliphatic rings. The van der Waals surface area contributed by atoms with Crippen molar-refractivity contribution in [1.82, 2.24) is 9.88 Å². The SMILES string of the molecule is NNc1ncccc1CN1CCC2CCCCC2C1. The maximum Gasteiger partial charge on any atom is 0.144 e. The number of hydrogen-bond donors (Lipinski definition) is 2. The summed E-state index contributed by atoms with van der Waals surface area (Å²) in [6, 6.07) is 4.11. The minimum Gasteiger partial charge on any atom is -0.308 e. The molecule has 1 aromatic heterocycles. The van der Waals surface area contributed by atoms with Crippen LogP contribution in [0, 0.1) is 11.8 Å². The quantitative estimate of drug-likeness (QED) is 0.647. The van der Waals surface area contributed by atoms with Gasteiger partial charge in [0.25, 0.3) is 0 Å². The molecule has 0 radical (unpaired) electrons. The number of rotatable bonds is 3. The van der Waals surface area contributed by atoms with Crippen LogP contribution in [0.25, 0.3) is 0 Å². The van der Waals surface area contributed by atoms with Crippen LogP contribution in [0.1, 0.15) is 37.7 Å². The van der Waals surface area contributed by atoms with E-state index in [1.54, 1.807) is 6.20 Å². The number of hydrazine groups is 1. The van der Waals surface area contributed by atoms with Crippen LogP contribution in [0.15, 0.2) is 18.3 Å². The zero-order valence-corrected chi connectivity index (χ0v) is 11.5. The molecule has 1 aliphatic carbocycles. The first kappa shape index (κ1) is 12.9. The van der Waals surface area contributed by atoms with E-state index in [4.69, 9.17) is 5.84 Å². The second kappa shape index (κ2) is 5.88. The number of hydrogen-bond acceptors (Lipinski definition) is 4. The largest absolute Gasteiger partial charge is 0.308 e. The number of aromatic nitrogens is 1. The molecule has 0 amide bonds. The number of anilines is 1. The summed E-state index contributed by atoms with van der Waals surface area (Å²) in [6.45, 7) is 3.44. The van der Waals surface area contributed by atoms with E-state index in [1.165, 1.54) is 50.8 Å². The summed E-state index contributed by atoms with van der Waals surface area (Å²) in [5, 5.41) is 0. The lowest BCUT2D eigenvalue weighted by molar-refractivity contribution is 0.0821. The highest BCUT2D eigenvalue weighted by molar-refractivity contribution is 5.42. The average molecular weight is 260 g/mol. The van der Waals surface area contributed by atoms with Crippen LogP contribution in [0.2, 0.25) is 0 Å². The Balaban J connectivity index is 1.64. The maximum absolute atomic E-state index is 5.53. The first-order chi connectivity index (χ1) is 9.36. The van der Waals surface area contributed by atoms with Crippen molar-refractivity contribution in [1.29, 1.82) is 0 Å². The smallest absolute Gasteiger partial charge is 0.144 e. The predicted molar refractivity (Wildman–Crippen MR) is 77.4 cm³/mol. The Kier molecular flexibility index (Phi) is 3.99. The third-order valence-corrected chi connectivity index (χ3v) is 4.80. The number of piperidine rings is 1. The molecule has 0 bridgehead atoms. The normalized spacial score (nSPS) is 27.8. The molecule has 2 heterocycles. The van der Waals surface area contributed by atoms with E-state index < -0.39 is 0 Å². The summed E-state index contributed by atoms with van der Waals surface area (Å²) in [6.07, 6.45) is 8.92. The van der Waals surface area contributed by atoms with E-state index in [-0.39, 0.29) is 0 Å². The highest BCUT2D eigenvalue weighted by Gasteiger charge is 2.31. The molecular formula is C15H24N4. The molecule has 4 nitrogen and oxygen atoms in total. The van der Waals surface area contributed by atoms with Gasteiger partial charge in [-0.05, 0) is 37.3 Å². The second-order valence-corrected chi connectivity index (χ2v) is 5.98. The number of nitrogen functional groups attached to an aromatic ring is 1. The van der Waals surface area contributed by atoms with Crippen molar-refractivity contribution in [3.63, 3.8) is 0 Å². The molecule has 0 spiro atoms. The molecule has 3 N–H and O–H groups in total. The first-order valence-corrected chi connectivity index (χ1v) is 7.49. The minimum absolute atomic E-state index is 0.813. The minimum atomic E-state index is 0.813. The van der Waals surface area contributed by atoms with Gasteiger partial charge in [-0.15, -0.1) is 0 Å². The molecule has 1 saturated heterocycles. The van der Waals surface area contributed by atoms with Gasteiger partial charge in [0.05, 0.1) is 0 Å². The number of nitrogens with zero attached hydrogens (tertiary/aromatic N) is 2. The Bertz CT molecular complexity index is 420. The summed E-state index contributed by atoms with van der Waals surface area (Å²) in [7, 11) is 0. The lowest BCUT2D eigenvalue weighted by Gasteiger charge is -2.41. The highest BCUT2D eigenvalue weighted by Crippen LogP contribution is 2.36. The van der Waals surface area contributed by atoms with Gasteiger partial charge < -0.3 is 5.43 Å². The highest BCUT2D eigenvalue weighted by atomic mass is 15.3. The summed E-state index contributed by atoms with van der Waals surface area (Å²) >= 11 is 0. The molecular weight excluding hydrogens is 236 g/mol. The molecule has 4 heteroatoms. The molecule has 104 valence electrons. The van der Waals surface area contributed by atoms with E-state index in [1.807, 2.05) is 6.07 Å². The number of nitrogens with two attached hydrogens (primary N) is 1. The fourth-order valence-corrected chi connectivity index (χ4v) is 3.76. The van der Waals surface area contributed by atoms with Crippen LogP contribution in [-0.4, -0.2) is 23.0 Å². The predicted octanol–water partition coefficient (Wildman–Crippen LogP) is 2.38. The molecule has 2 fully saturated rings. The lowest BCUT2D eigenvalue weighted by Crippen LogP contribution is -2.41. The summed E-state index contributed by atoms with van der Waals surface area (Å²) in [5.41, 5.74) is 3.91. The van der Waals surface area contributed by atoms with E-state index in [0.717, 1.165) is 24.2 Å². The zero-order valence-electron chi connectivity index (χ0n) is 11.5. The van der Waals surface area contributed by atoms with Crippen molar-refractivity contribution < 1.29 is 0 Å². The van der Waals surface area contributed by atoms with Gasteiger partial charge in [0, 0.05) is 24.8 Å². The molecule has 1 aliphatic heterocycles. The molecule has 1 saturated carbocycles. The lowest BCUT2D eigenvalue weighted by atomic mass is 9.75. The molecule has 3 rings (SSSR count). The standard InChI is InChI=1S/C15H24N4/c16-18-15-14(6-3-8-17-15)11-19-9-7-12-4-1-2-5-13(12)10-19/h3,6,8,12-13H,1-2,4-5,7,9-11,16H2,(H,17,18). The third kappa shape index (κ3) is 2.90. The van der Waals surface area contributed by atoms with Gasteiger partial charge in [-0.25, -0.2) is 10.8 Å². The number of pyridine rings is 1. The van der Waals surface area contributed by atoms with Gasteiger partial charge >= 0.3 is 0 Å². The van der Waals surface area contributed by atoms with Crippen molar-refractivity contribution in [3.05, 3.63) is 23.9 Å². The van der Waals surface area contributed by atoms with Gasteiger partial charge in [0.15, 0.2) is 0 Å². The first-order valence-electron chi connectivity index (χ1n) is 7.49. The Morgan fingerprint density at radius 2 is 2.11 bits per heavy atom. The van der Waals surface area contributed by atoms with Crippen molar-refractivity contribution in [2.24, 2.45) is 17.7 Å². The topological polar surface area (TPSA) is 54.2 Å². The van der Waals surface area contributed by atoms with Crippen LogP contribution in [0.4, 0.5) is 5.82 Å². The van der Waals surface area contributed by atoms with Gasteiger partial charge in [-0.2, -0.15) is 0 Å². The Morgan fingerprint density at radius 1 is 1.26 bits per heavy atom. The van der Waals surface area contributed by atoms with E-state index in [9.17, 15) is 0 Å². The van der Waals surface area contributed by atoms with E-state index in [0.29, 0.717) is 0 Å². The van der Waals surface area contributed by atoms with Crippen molar-refractivity contribution in [2.75, 3.05) is 18.5 Å². The second-order valence-electron chi connectivity index (χ2n) is 5.98. The van der Waals surface area contributed by atoms with Crippen LogP contribution in [0.3, 0.4) is 0 Å². The van der Waals surface area contributed by atoms with Crippen LogP contribution in [0.5, 0.6) is 0 Å². The summed E-state index contributed by atoms with van der Waals surface area (Å²) < 4.78 is 0. The maximum atomic E-state index is 5.53. The number of fused-ring (bicyclic) bond motifs is 1. The molecule has 2 atom stereocenters. The van der Waals surface area contributed by atoms with Crippen LogP contribution >= 0.6 is 0 Å². The van der Waals surface area contributed by atoms with Gasteiger partial charge in [0.1, 0.15) is 5.82 Å². The van der Waals surface area contributed by atoms with Gasteiger partial charge in [-0.1, -0.05) is 25.3 Å². The third-order valence-electron chi connectivity index (χ3n) is 4.80. The summed E-state index contributed by atoms with van der Waals surface area (Å²) in [4.78, 5) is 6.86. The summed E-state index contributed by atoms with van der Waals surface area (Å²) in [5.74, 6) is 8.26. The monoisotopic (exact) mass is 260 g/mol. The fourth-order valence-electron chi connectivity index (χ4n) is 3.76. The molecule has 1 aromatic rings. The molecule has 19 heavy (non-hydrogen) atoms. The number of nitrogens with one attached hydrogen (secondary N) is 1. The van der Waals surface area contributed by atoms with Gasteiger partial charge in [-0.3, -0.25) is 4.90 Å². The zero-order chi connectivity index (χ0) is 13.1.